The molecule has 1 aliphatic heterocycles. The Kier molecular flexibility index (Phi) is 5.81. The van der Waals surface area contributed by atoms with Gasteiger partial charge in [-0.2, -0.15) is 0 Å². The smallest absolute Gasteiger partial charge is 0.237 e. The third-order valence-electron chi connectivity index (χ3n) is 4.35. The number of rotatable bonds is 4. The van der Waals surface area contributed by atoms with Gasteiger partial charge in [-0.1, -0.05) is 20.3 Å². The monoisotopic (exact) mass is 269 g/mol. The molecule has 3 N–H and O–H groups in total. The second kappa shape index (κ2) is 6.71. The molecule has 1 aliphatic rings. The first-order valence-electron chi connectivity index (χ1n) is 7.56. The van der Waals surface area contributed by atoms with Crippen LogP contribution in [0.2, 0.25) is 0 Å². The van der Waals surface area contributed by atoms with Crippen molar-refractivity contribution < 1.29 is 4.79 Å². The van der Waals surface area contributed by atoms with Gasteiger partial charge in [0.1, 0.15) is 0 Å². The fraction of sp³-hybridized carbons (Fsp3) is 0.933. The fourth-order valence-electron chi connectivity index (χ4n) is 2.50. The summed E-state index contributed by atoms with van der Waals surface area (Å²) in [7, 11) is 0. The van der Waals surface area contributed by atoms with Gasteiger partial charge >= 0.3 is 0 Å². The topological polar surface area (TPSA) is 58.4 Å². The van der Waals surface area contributed by atoms with Crippen LogP contribution in [0.3, 0.4) is 0 Å². The molecule has 1 rings (SSSR count). The molecule has 1 fully saturated rings. The van der Waals surface area contributed by atoms with Gasteiger partial charge in [0, 0.05) is 24.7 Å². The Morgan fingerprint density at radius 3 is 2.32 bits per heavy atom. The number of piperidine rings is 1. The summed E-state index contributed by atoms with van der Waals surface area (Å²) in [5.74, 6) is 0.262. The van der Waals surface area contributed by atoms with Gasteiger partial charge in [-0.3, -0.25) is 9.69 Å². The van der Waals surface area contributed by atoms with Crippen LogP contribution in [0.25, 0.3) is 0 Å². The maximum Gasteiger partial charge on any atom is 0.237 e. The quantitative estimate of drug-likeness (QED) is 0.817. The van der Waals surface area contributed by atoms with Crippen molar-refractivity contribution in [2.75, 3.05) is 13.1 Å². The van der Waals surface area contributed by atoms with E-state index >= 15 is 0 Å². The van der Waals surface area contributed by atoms with Crippen molar-refractivity contribution in [1.82, 2.24) is 10.2 Å². The Hall–Kier alpha value is -0.610. The molecule has 0 aromatic heterocycles. The highest BCUT2D eigenvalue weighted by atomic mass is 16.2. The van der Waals surface area contributed by atoms with Crippen molar-refractivity contribution >= 4 is 5.91 Å². The van der Waals surface area contributed by atoms with Crippen molar-refractivity contribution in [2.24, 2.45) is 11.7 Å². The fourth-order valence-corrected chi connectivity index (χ4v) is 2.50. The Morgan fingerprint density at radius 1 is 1.37 bits per heavy atom. The molecule has 112 valence electrons. The summed E-state index contributed by atoms with van der Waals surface area (Å²) in [6.45, 7) is 12.9. The third kappa shape index (κ3) is 4.77. The normalized spacial score (nSPS) is 22.0. The van der Waals surface area contributed by atoms with Crippen LogP contribution < -0.4 is 11.1 Å². The van der Waals surface area contributed by atoms with Crippen LogP contribution in [0.4, 0.5) is 0 Å². The maximum absolute atomic E-state index is 12.0. The molecule has 4 heteroatoms. The molecule has 1 heterocycles. The molecule has 0 aromatic carbocycles. The Bertz CT molecular complexity index is 290. The summed E-state index contributed by atoms with van der Waals surface area (Å²) in [6, 6.07) is -0.0770. The zero-order valence-corrected chi connectivity index (χ0v) is 13.2. The zero-order chi connectivity index (χ0) is 14.6. The molecule has 1 amide bonds. The van der Waals surface area contributed by atoms with Crippen molar-refractivity contribution in [3.05, 3.63) is 0 Å². The number of carbonyl (C=O) groups is 1. The minimum absolute atomic E-state index is 0.0172. The van der Waals surface area contributed by atoms with Crippen LogP contribution in [0.15, 0.2) is 0 Å². The van der Waals surface area contributed by atoms with Crippen LogP contribution in [0.1, 0.15) is 53.9 Å². The average Bonchev–Trinajstić information content (AvgIpc) is 2.36. The van der Waals surface area contributed by atoms with E-state index in [1.807, 2.05) is 6.92 Å². The van der Waals surface area contributed by atoms with E-state index in [1.54, 1.807) is 0 Å². The summed E-state index contributed by atoms with van der Waals surface area (Å²) in [4.78, 5) is 14.5. The van der Waals surface area contributed by atoms with Crippen LogP contribution in [0.5, 0.6) is 0 Å². The highest BCUT2D eigenvalue weighted by Gasteiger charge is 2.29. The van der Waals surface area contributed by atoms with E-state index in [2.05, 4.69) is 37.9 Å². The van der Waals surface area contributed by atoms with E-state index in [-0.39, 0.29) is 23.4 Å². The zero-order valence-electron chi connectivity index (χ0n) is 13.2. The van der Waals surface area contributed by atoms with E-state index in [9.17, 15) is 4.79 Å². The maximum atomic E-state index is 12.0. The van der Waals surface area contributed by atoms with Gasteiger partial charge in [-0.15, -0.1) is 0 Å². The lowest BCUT2D eigenvalue weighted by molar-refractivity contribution is -0.124. The molecule has 0 saturated carbocycles. The molecule has 19 heavy (non-hydrogen) atoms. The average molecular weight is 269 g/mol. The first kappa shape index (κ1) is 16.4. The van der Waals surface area contributed by atoms with Crippen molar-refractivity contribution in [1.29, 1.82) is 0 Å². The molecule has 0 aromatic rings. The molecule has 0 aliphatic carbocycles. The van der Waals surface area contributed by atoms with E-state index in [0.29, 0.717) is 6.04 Å². The predicted molar refractivity (Wildman–Crippen MR) is 79.9 cm³/mol. The number of likely N-dealkylation sites (tertiary alicyclic amines) is 1. The summed E-state index contributed by atoms with van der Waals surface area (Å²) in [5, 5.41) is 3.12. The van der Waals surface area contributed by atoms with E-state index < -0.39 is 0 Å². The van der Waals surface area contributed by atoms with Gasteiger partial charge in [0.15, 0.2) is 0 Å². The second-order valence-electron chi connectivity index (χ2n) is 6.85. The number of amides is 1. The number of nitrogens with two attached hydrogens (primary N) is 1. The first-order chi connectivity index (χ1) is 8.75. The first-order valence-corrected chi connectivity index (χ1v) is 7.56. The largest absolute Gasteiger partial charge is 0.352 e. The van der Waals surface area contributed by atoms with Crippen LogP contribution >= 0.6 is 0 Å². The Labute approximate surface area is 118 Å². The SMILES string of the molecule is CCC(C)C(N)C(=O)NC1CCN(C(C)(C)C)CC1. The third-order valence-corrected chi connectivity index (χ3v) is 4.35. The predicted octanol–water partition coefficient (Wildman–Crippen LogP) is 1.74. The summed E-state index contributed by atoms with van der Waals surface area (Å²) in [6.07, 6.45) is 2.99. The van der Waals surface area contributed by atoms with Gasteiger partial charge in [0.2, 0.25) is 5.91 Å². The number of hydrogen-bond acceptors (Lipinski definition) is 3. The van der Waals surface area contributed by atoms with E-state index in [1.165, 1.54) is 0 Å². The highest BCUT2D eigenvalue weighted by molar-refractivity contribution is 5.82. The van der Waals surface area contributed by atoms with Crippen molar-refractivity contribution in [3.8, 4) is 0 Å². The van der Waals surface area contributed by atoms with Gasteiger partial charge < -0.3 is 11.1 Å². The van der Waals surface area contributed by atoms with Crippen LogP contribution in [-0.2, 0) is 4.79 Å². The van der Waals surface area contributed by atoms with Gasteiger partial charge in [-0.05, 0) is 39.5 Å². The van der Waals surface area contributed by atoms with Crippen LogP contribution in [0, 0.1) is 5.92 Å². The Balaban J connectivity index is 2.39. The second-order valence-corrected chi connectivity index (χ2v) is 6.85. The van der Waals surface area contributed by atoms with E-state index in [4.69, 9.17) is 5.73 Å². The lowest BCUT2D eigenvalue weighted by Crippen LogP contribution is -2.54. The minimum Gasteiger partial charge on any atom is -0.352 e. The number of hydrogen-bond donors (Lipinski definition) is 2. The lowest BCUT2D eigenvalue weighted by Gasteiger charge is -2.41. The molecule has 0 bridgehead atoms. The molecular weight excluding hydrogens is 238 g/mol. The van der Waals surface area contributed by atoms with Crippen molar-refractivity contribution in [2.45, 2.75) is 71.5 Å². The minimum atomic E-state index is -0.370. The van der Waals surface area contributed by atoms with Gasteiger partial charge in [-0.25, -0.2) is 0 Å². The lowest BCUT2D eigenvalue weighted by atomic mass is 9.96. The Morgan fingerprint density at radius 2 is 1.89 bits per heavy atom. The molecule has 2 atom stereocenters. The molecule has 1 saturated heterocycles. The number of nitrogens with zero attached hydrogens (tertiary/aromatic N) is 1. The highest BCUT2D eigenvalue weighted by Crippen LogP contribution is 2.20. The molecule has 2 unspecified atom stereocenters. The van der Waals surface area contributed by atoms with Crippen LogP contribution in [-0.4, -0.2) is 41.5 Å². The van der Waals surface area contributed by atoms with Gasteiger partial charge in [0.05, 0.1) is 6.04 Å². The number of nitrogens with one attached hydrogen (secondary N) is 1. The summed E-state index contributed by atoms with van der Waals surface area (Å²) < 4.78 is 0. The molecule has 4 nitrogen and oxygen atoms in total. The van der Waals surface area contributed by atoms with Crippen molar-refractivity contribution in [3.63, 3.8) is 0 Å². The summed E-state index contributed by atoms with van der Waals surface area (Å²) >= 11 is 0. The molecule has 0 radical (unpaired) electrons. The van der Waals surface area contributed by atoms with E-state index in [0.717, 1.165) is 32.4 Å². The van der Waals surface area contributed by atoms with Gasteiger partial charge in [0.25, 0.3) is 0 Å². The molecule has 0 spiro atoms. The molecular formula is C15H31N3O. The summed E-state index contributed by atoms with van der Waals surface area (Å²) in [5.41, 5.74) is 6.19. The number of carbonyl (C=O) groups excluding carboxylic acids is 1. The standard InChI is InChI=1S/C15H31N3O/c1-6-11(2)13(16)14(19)17-12-7-9-18(10-8-12)15(3,4)5/h11-13H,6-10,16H2,1-5H3,(H,17,19).